The molecule has 1 N–H and O–H groups in total. The van der Waals surface area contributed by atoms with Crippen molar-refractivity contribution in [1.82, 2.24) is 0 Å². The van der Waals surface area contributed by atoms with E-state index >= 15 is 0 Å². The number of rotatable bonds is 6. The quantitative estimate of drug-likeness (QED) is 0.729. The van der Waals surface area contributed by atoms with Gasteiger partial charge in [0, 0.05) is 24.7 Å². The predicted molar refractivity (Wildman–Crippen MR) is 98.7 cm³/mol. The van der Waals surface area contributed by atoms with Crippen LogP contribution < -0.4 is 0 Å². The van der Waals surface area contributed by atoms with E-state index in [9.17, 15) is 14.7 Å². The van der Waals surface area contributed by atoms with Crippen molar-refractivity contribution in [2.75, 3.05) is 0 Å². The van der Waals surface area contributed by atoms with Crippen molar-refractivity contribution in [3.05, 3.63) is 0 Å². The first-order valence-electron chi connectivity index (χ1n) is 11.0. The summed E-state index contributed by atoms with van der Waals surface area (Å²) in [7, 11) is 0. The first-order chi connectivity index (χ1) is 12.6. The molecular formula is C22H34O4. The number of ketones is 2. The lowest BCUT2D eigenvalue weighted by molar-refractivity contribution is -0.127. The van der Waals surface area contributed by atoms with Gasteiger partial charge in [0.05, 0.1) is 18.3 Å². The minimum Gasteiger partial charge on any atom is -0.393 e. The van der Waals surface area contributed by atoms with Crippen LogP contribution in [0.3, 0.4) is 0 Å². The molecule has 3 saturated carbocycles. The second-order valence-corrected chi connectivity index (χ2v) is 9.47. The third kappa shape index (κ3) is 4.56. The molecule has 0 bridgehead atoms. The lowest BCUT2D eigenvalue weighted by Crippen LogP contribution is -2.29. The minimum absolute atomic E-state index is 0.0952. The van der Waals surface area contributed by atoms with Gasteiger partial charge in [-0.25, -0.2) is 0 Å². The van der Waals surface area contributed by atoms with Crippen molar-refractivity contribution in [1.29, 1.82) is 0 Å². The molecule has 1 aliphatic heterocycles. The third-order valence-electron chi connectivity index (χ3n) is 7.51. The number of ether oxygens (including phenoxy) is 1. The zero-order chi connectivity index (χ0) is 18.1. The molecule has 0 aromatic heterocycles. The normalized spacial score (nSPS) is 42.7. The average molecular weight is 363 g/mol. The Labute approximate surface area is 157 Å². The monoisotopic (exact) mass is 362 g/mol. The topological polar surface area (TPSA) is 66.9 Å². The van der Waals surface area contributed by atoms with Crippen LogP contribution in [0, 0.1) is 23.7 Å². The Hall–Kier alpha value is -0.740. The van der Waals surface area contributed by atoms with Crippen LogP contribution in [0.4, 0.5) is 0 Å². The SMILES string of the molecule is O=C(CC1CCC(CC(=O)C2CCC3OC3C2)CC1)C1CCCC(O)C1. The van der Waals surface area contributed by atoms with Crippen molar-refractivity contribution >= 4 is 11.6 Å². The van der Waals surface area contributed by atoms with Crippen molar-refractivity contribution < 1.29 is 19.4 Å². The molecule has 4 fully saturated rings. The molecule has 5 unspecified atom stereocenters. The molecule has 0 aromatic rings. The molecule has 0 aromatic carbocycles. The Morgan fingerprint density at radius 1 is 0.731 bits per heavy atom. The predicted octanol–water partition coefficient (Wildman–Crippen LogP) is 3.83. The highest BCUT2D eigenvalue weighted by Crippen LogP contribution is 2.41. The number of carbonyl (C=O) groups is 2. The number of carbonyl (C=O) groups excluding carboxylic acids is 2. The van der Waals surface area contributed by atoms with Crippen molar-refractivity contribution in [3.63, 3.8) is 0 Å². The molecule has 0 amide bonds. The van der Waals surface area contributed by atoms with Gasteiger partial charge < -0.3 is 9.84 Å². The van der Waals surface area contributed by atoms with Gasteiger partial charge in [-0.2, -0.15) is 0 Å². The van der Waals surface area contributed by atoms with Gasteiger partial charge >= 0.3 is 0 Å². The first-order valence-corrected chi connectivity index (χ1v) is 11.0. The summed E-state index contributed by atoms with van der Waals surface area (Å²) in [5.41, 5.74) is 0. The van der Waals surface area contributed by atoms with E-state index in [0.717, 1.165) is 70.6 Å². The van der Waals surface area contributed by atoms with Crippen LogP contribution in [0.5, 0.6) is 0 Å². The van der Waals surface area contributed by atoms with Crippen LogP contribution in [-0.2, 0) is 14.3 Å². The number of hydrogen-bond donors (Lipinski definition) is 1. The summed E-state index contributed by atoms with van der Waals surface area (Å²) in [5, 5.41) is 9.79. The Morgan fingerprint density at radius 3 is 1.92 bits per heavy atom. The number of epoxide rings is 1. The Kier molecular flexibility index (Phi) is 5.80. The highest BCUT2D eigenvalue weighted by molar-refractivity contribution is 5.82. The Bertz CT molecular complexity index is 494. The smallest absolute Gasteiger partial charge is 0.136 e. The summed E-state index contributed by atoms with van der Waals surface area (Å²) < 4.78 is 5.56. The largest absolute Gasteiger partial charge is 0.393 e. The standard InChI is InChI=1S/C22H34O4/c23-18-3-1-2-16(12-18)19(24)10-14-4-6-15(7-5-14)11-20(25)17-8-9-21-22(13-17)26-21/h14-18,21-23H,1-13H2. The van der Waals surface area contributed by atoms with Crippen LogP contribution in [0.1, 0.15) is 83.5 Å². The number of hydrogen-bond acceptors (Lipinski definition) is 4. The molecule has 1 saturated heterocycles. The molecule has 0 spiro atoms. The van der Waals surface area contributed by atoms with E-state index in [2.05, 4.69) is 0 Å². The molecule has 5 atom stereocenters. The number of fused-ring (bicyclic) bond motifs is 1. The van der Waals surface area contributed by atoms with Crippen LogP contribution in [0.2, 0.25) is 0 Å². The molecule has 0 radical (unpaired) electrons. The molecule has 4 rings (SSSR count). The Morgan fingerprint density at radius 2 is 1.35 bits per heavy atom. The van der Waals surface area contributed by atoms with Crippen molar-refractivity contribution in [2.45, 2.75) is 102 Å². The second kappa shape index (κ2) is 8.10. The maximum Gasteiger partial charge on any atom is 0.136 e. The summed E-state index contributed by atoms with van der Waals surface area (Å²) in [6, 6.07) is 0. The Balaban J connectivity index is 1.16. The van der Waals surface area contributed by atoms with Gasteiger partial charge in [-0.05, 0) is 76.0 Å². The van der Waals surface area contributed by atoms with Crippen LogP contribution in [0.25, 0.3) is 0 Å². The molecular weight excluding hydrogens is 328 g/mol. The third-order valence-corrected chi connectivity index (χ3v) is 7.51. The highest BCUT2D eigenvalue weighted by atomic mass is 16.6. The molecule has 3 aliphatic carbocycles. The lowest BCUT2D eigenvalue weighted by Gasteiger charge is -2.31. The molecule has 4 nitrogen and oxygen atoms in total. The summed E-state index contributed by atoms with van der Waals surface area (Å²) in [5.74, 6) is 2.22. The maximum absolute atomic E-state index is 12.6. The maximum atomic E-state index is 12.6. The van der Waals surface area contributed by atoms with E-state index < -0.39 is 0 Å². The fourth-order valence-electron chi connectivity index (χ4n) is 5.70. The number of aliphatic hydroxyl groups is 1. The fourth-order valence-corrected chi connectivity index (χ4v) is 5.70. The molecule has 1 heterocycles. The molecule has 26 heavy (non-hydrogen) atoms. The molecule has 146 valence electrons. The molecule has 4 aliphatic rings. The lowest BCUT2D eigenvalue weighted by atomic mass is 9.74. The fraction of sp³-hybridized carbons (Fsp3) is 0.909. The van der Waals surface area contributed by atoms with Gasteiger partial charge in [0.15, 0.2) is 0 Å². The van der Waals surface area contributed by atoms with Crippen LogP contribution in [-0.4, -0.2) is 35.0 Å². The van der Waals surface area contributed by atoms with Gasteiger partial charge in [0.2, 0.25) is 0 Å². The van der Waals surface area contributed by atoms with E-state index in [4.69, 9.17) is 4.74 Å². The average Bonchev–Trinajstić information content (AvgIpc) is 3.42. The van der Waals surface area contributed by atoms with Gasteiger partial charge in [-0.15, -0.1) is 0 Å². The van der Waals surface area contributed by atoms with E-state index in [1.807, 2.05) is 0 Å². The summed E-state index contributed by atoms with van der Waals surface area (Å²) in [4.78, 5) is 25.1. The zero-order valence-corrected chi connectivity index (χ0v) is 15.9. The zero-order valence-electron chi connectivity index (χ0n) is 15.9. The van der Waals surface area contributed by atoms with Crippen molar-refractivity contribution in [3.8, 4) is 0 Å². The summed E-state index contributed by atoms with van der Waals surface area (Å²) >= 11 is 0. The number of Topliss-reactive ketones (excluding diaryl/α,β-unsaturated/α-hetero) is 2. The van der Waals surface area contributed by atoms with Crippen molar-refractivity contribution in [2.24, 2.45) is 23.7 Å². The van der Waals surface area contributed by atoms with Gasteiger partial charge in [-0.1, -0.05) is 6.42 Å². The van der Waals surface area contributed by atoms with Crippen LogP contribution in [0.15, 0.2) is 0 Å². The molecule has 4 heteroatoms. The van der Waals surface area contributed by atoms with E-state index in [1.54, 1.807) is 0 Å². The van der Waals surface area contributed by atoms with E-state index in [0.29, 0.717) is 48.5 Å². The summed E-state index contributed by atoms with van der Waals surface area (Å²) in [6.45, 7) is 0. The van der Waals surface area contributed by atoms with Gasteiger partial charge in [-0.3, -0.25) is 9.59 Å². The number of aliphatic hydroxyl groups excluding tert-OH is 1. The van der Waals surface area contributed by atoms with E-state index in [-0.39, 0.29) is 17.9 Å². The summed E-state index contributed by atoms with van der Waals surface area (Å²) in [6.07, 6.45) is 13.0. The second-order valence-electron chi connectivity index (χ2n) is 9.47. The van der Waals surface area contributed by atoms with Gasteiger partial charge in [0.25, 0.3) is 0 Å². The van der Waals surface area contributed by atoms with E-state index in [1.165, 1.54) is 0 Å². The van der Waals surface area contributed by atoms with Crippen LogP contribution >= 0.6 is 0 Å². The highest BCUT2D eigenvalue weighted by Gasteiger charge is 2.45. The van der Waals surface area contributed by atoms with Gasteiger partial charge in [0.1, 0.15) is 11.6 Å². The first kappa shape index (κ1) is 18.6. The minimum atomic E-state index is -0.268.